The predicted molar refractivity (Wildman–Crippen MR) is 99.2 cm³/mol. The summed E-state index contributed by atoms with van der Waals surface area (Å²) in [5.74, 6) is -2.69. The lowest BCUT2D eigenvalue weighted by Gasteiger charge is -2.11. The molecule has 146 valence electrons. The van der Waals surface area contributed by atoms with Crippen molar-refractivity contribution >= 4 is 29.5 Å². The topological polar surface area (TPSA) is 108 Å². The first kappa shape index (κ1) is 20.6. The molecule has 8 nitrogen and oxygen atoms in total. The molecular weight excluding hydrogens is 366 g/mol. The van der Waals surface area contributed by atoms with Crippen molar-refractivity contribution < 1.29 is 33.4 Å². The molecular formula is C20H19NO7. The number of carbonyl (C=O) groups excluding carboxylic acids is 4. The fraction of sp³-hybridized carbons (Fsp3) is 0.200. The summed E-state index contributed by atoms with van der Waals surface area (Å²) in [5.41, 5.74) is 1.48. The first-order valence-electron chi connectivity index (χ1n) is 8.20. The number of benzene rings is 2. The Labute approximate surface area is 161 Å². The van der Waals surface area contributed by atoms with Gasteiger partial charge in [0.2, 0.25) is 0 Å². The van der Waals surface area contributed by atoms with Crippen LogP contribution in [0.4, 0.5) is 5.69 Å². The van der Waals surface area contributed by atoms with Gasteiger partial charge >= 0.3 is 17.9 Å². The highest BCUT2D eigenvalue weighted by atomic mass is 16.5. The van der Waals surface area contributed by atoms with Crippen LogP contribution in [0, 0.1) is 6.92 Å². The van der Waals surface area contributed by atoms with Crippen LogP contribution >= 0.6 is 0 Å². The second-order valence-corrected chi connectivity index (χ2v) is 5.73. The molecule has 0 heterocycles. The van der Waals surface area contributed by atoms with Crippen LogP contribution in [0.25, 0.3) is 0 Å². The van der Waals surface area contributed by atoms with E-state index in [1.807, 2.05) is 6.92 Å². The van der Waals surface area contributed by atoms with Crippen LogP contribution in [-0.4, -0.2) is 44.6 Å². The maximum atomic E-state index is 12.2. The van der Waals surface area contributed by atoms with Gasteiger partial charge in [-0.2, -0.15) is 0 Å². The number of nitrogens with one attached hydrogen (secondary N) is 1. The van der Waals surface area contributed by atoms with E-state index in [9.17, 15) is 19.2 Å². The average Bonchev–Trinajstić information content (AvgIpc) is 2.71. The van der Waals surface area contributed by atoms with E-state index in [4.69, 9.17) is 4.74 Å². The SMILES string of the molecule is COC(=O)c1ccc(C(=O)OC)c(NC(=O)COC(=O)c2ccc(C)cc2)c1. The van der Waals surface area contributed by atoms with E-state index in [1.54, 1.807) is 24.3 Å². The molecule has 0 saturated heterocycles. The molecule has 0 bridgehead atoms. The van der Waals surface area contributed by atoms with Crippen LogP contribution in [0.3, 0.4) is 0 Å². The highest BCUT2D eigenvalue weighted by Crippen LogP contribution is 2.20. The molecule has 2 aromatic rings. The van der Waals surface area contributed by atoms with Crippen molar-refractivity contribution in [3.8, 4) is 0 Å². The number of anilines is 1. The van der Waals surface area contributed by atoms with Crippen LogP contribution in [0.2, 0.25) is 0 Å². The Morgan fingerprint density at radius 1 is 0.821 bits per heavy atom. The van der Waals surface area contributed by atoms with Gasteiger partial charge in [-0.3, -0.25) is 4.79 Å². The summed E-state index contributed by atoms with van der Waals surface area (Å²) >= 11 is 0. The molecule has 2 aromatic carbocycles. The highest BCUT2D eigenvalue weighted by molar-refractivity contribution is 6.04. The van der Waals surface area contributed by atoms with E-state index in [-0.39, 0.29) is 16.8 Å². The smallest absolute Gasteiger partial charge is 0.339 e. The van der Waals surface area contributed by atoms with Crippen LogP contribution in [0.5, 0.6) is 0 Å². The second kappa shape index (κ2) is 9.31. The van der Waals surface area contributed by atoms with Gasteiger partial charge in [-0.15, -0.1) is 0 Å². The standard InChI is InChI=1S/C20H19NO7/c1-12-4-6-13(7-5-12)19(24)28-11-17(22)21-16-10-14(18(23)26-2)8-9-15(16)20(25)27-3/h4-10H,11H2,1-3H3,(H,21,22). The van der Waals surface area contributed by atoms with E-state index in [0.717, 1.165) is 5.56 Å². The van der Waals surface area contributed by atoms with Gasteiger partial charge in [0.25, 0.3) is 5.91 Å². The Balaban J connectivity index is 2.10. The second-order valence-electron chi connectivity index (χ2n) is 5.73. The molecule has 1 amide bonds. The maximum Gasteiger partial charge on any atom is 0.339 e. The average molecular weight is 385 g/mol. The van der Waals surface area contributed by atoms with Gasteiger partial charge < -0.3 is 19.5 Å². The molecule has 0 saturated carbocycles. The number of esters is 3. The monoisotopic (exact) mass is 385 g/mol. The summed E-state index contributed by atoms with van der Waals surface area (Å²) in [6.07, 6.45) is 0. The third-order valence-electron chi connectivity index (χ3n) is 3.74. The minimum Gasteiger partial charge on any atom is -0.465 e. The summed E-state index contributed by atoms with van der Waals surface area (Å²) < 4.78 is 14.2. The number of rotatable bonds is 6. The first-order chi connectivity index (χ1) is 13.3. The Bertz CT molecular complexity index is 903. The third-order valence-corrected chi connectivity index (χ3v) is 3.74. The summed E-state index contributed by atoms with van der Waals surface area (Å²) in [5, 5.41) is 2.44. The molecule has 0 fully saturated rings. The van der Waals surface area contributed by atoms with Gasteiger partial charge in [-0.1, -0.05) is 17.7 Å². The van der Waals surface area contributed by atoms with Crippen molar-refractivity contribution in [2.75, 3.05) is 26.1 Å². The fourth-order valence-electron chi connectivity index (χ4n) is 2.27. The van der Waals surface area contributed by atoms with Gasteiger partial charge in [0.15, 0.2) is 6.61 Å². The molecule has 1 N–H and O–H groups in total. The molecule has 0 aliphatic carbocycles. The zero-order valence-electron chi connectivity index (χ0n) is 15.6. The predicted octanol–water partition coefficient (Wildman–Crippen LogP) is 2.36. The van der Waals surface area contributed by atoms with Crippen molar-refractivity contribution in [3.63, 3.8) is 0 Å². The highest BCUT2D eigenvalue weighted by Gasteiger charge is 2.18. The summed E-state index contributed by atoms with van der Waals surface area (Å²) in [6, 6.07) is 10.6. The van der Waals surface area contributed by atoms with Gasteiger partial charge in [0.05, 0.1) is 36.6 Å². The quantitative estimate of drug-likeness (QED) is 0.601. The number of ether oxygens (including phenoxy) is 3. The number of hydrogen-bond donors (Lipinski definition) is 1. The van der Waals surface area contributed by atoms with Crippen LogP contribution in [-0.2, 0) is 19.0 Å². The van der Waals surface area contributed by atoms with Crippen molar-refractivity contribution in [3.05, 3.63) is 64.7 Å². The molecule has 2 rings (SSSR count). The number of carbonyl (C=O) groups is 4. The Morgan fingerprint density at radius 3 is 2.04 bits per heavy atom. The molecule has 0 radical (unpaired) electrons. The van der Waals surface area contributed by atoms with Crippen molar-refractivity contribution in [1.29, 1.82) is 0 Å². The summed E-state index contributed by atoms with van der Waals surface area (Å²) in [7, 11) is 2.39. The molecule has 0 atom stereocenters. The fourth-order valence-corrected chi connectivity index (χ4v) is 2.27. The summed E-state index contributed by atoms with van der Waals surface area (Å²) in [6.45, 7) is 1.31. The van der Waals surface area contributed by atoms with Crippen molar-refractivity contribution in [2.24, 2.45) is 0 Å². The molecule has 0 unspecified atom stereocenters. The normalized spacial score (nSPS) is 9.96. The largest absolute Gasteiger partial charge is 0.465 e. The van der Waals surface area contributed by atoms with E-state index in [2.05, 4.69) is 14.8 Å². The van der Waals surface area contributed by atoms with Crippen molar-refractivity contribution in [2.45, 2.75) is 6.92 Å². The molecule has 0 aliphatic rings. The Kier molecular flexibility index (Phi) is 6.86. The van der Waals surface area contributed by atoms with E-state index in [1.165, 1.54) is 32.4 Å². The van der Waals surface area contributed by atoms with Crippen LogP contribution in [0.15, 0.2) is 42.5 Å². The number of aryl methyl sites for hydroxylation is 1. The number of hydrogen-bond acceptors (Lipinski definition) is 7. The van der Waals surface area contributed by atoms with E-state index >= 15 is 0 Å². The summed E-state index contributed by atoms with van der Waals surface area (Å²) in [4.78, 5) is 47.7. The minimum absolute atomic E-state index is 0.0335. The van der Waals surface area contributed by atoms with Crippen LogP contribution in [0.1, 0.15) is 36.6 Å². The van der Waals surface area contributed by atoms with Gasteiger partial charge in [-0.25, -0.2) is 14.4 Å². The molecule has 8 heteroatoms. The number of amides is 1. The van der Waals surface area contributed by atoms with Gasteiger partial charge in [0, 0.05) is 0 Å². The molecule has 0 aromatic heterocycles. The minimum atomic E-state index is -0.705. The van der Waals surface area contributed by atoms with Gasteiger partial charge in [0.1, 0.15) is 0 Å². The molecule has 0 spiro atoms. The third kappa shape index (κ3) is 5.16. The van der Waals surface area contributed by atoms with Gasteiger partial charge in [-0.05, 0) is 37.3 Å². The first-order valence-corrected chi connectivity index (χ1v) is 8.20. The van der Waals surface area contributed by atoms with Crippen LogP contribution < -0.4 is 5.32 Å². The lowest BCUT2D eigenvalue weighted by molar-refractivity contribution is -0.119. The molecule has 28 heavy (non-hydrogen) atoms. The number of methoxy groups -OCH3 is 2. The van der Waals surface area contributed by atoms with E-state index < -0.39 is 30.4 Å². The molecule has 0 aliphatic heterocycles. The lowest BCUT2D eigenvalue weighted by atomic mass is 10.1. The Hall–Kier alpha value is -3.68. The zero-order chi connectivity index (χ0) is 20.7. The Morgan fingerprint density at radius 2 is 1.43 bits per heavy atom. The van der Waals surface area contributed by atoms with E-state index in [0.29, 0.717) is 5.56 Å². The van der Waals surface area contributed by atoms with Crippen molar-refractivity contribution in [1.82, 2.24) is 0 Å². The lowest BCUT2D eigenvalue weighted by Crippen LogP contribution is -2.22. The maximum absolute atomic E-state index is 12.2. The zero-order valence-corrected chi connectivity index (χ0v) is 15.6.